The Balaban J connectivity index is 1.87. The molecule has 0 unspecified atom stereocenters. The first-order valence-electron chi connectivity index (χ1n) is 12.5. The lowest BCUT2D eigenvalue weighted by atomic mass is 9.97. The van der Waals surface area contributed by atoms with E-state index in [2.05, 4.69) is 34.2 Å². The smallest absolute Gasteiger partial charge is 0.337 e. The van der Waals surface area contributed by atoms with Crippen molar-refractivity contribution in [3.63, 3.8) is 0 Å². The van der Waals surface area contributed by atoms with E-state index in [0.717, 1.165) is 9.13 Å². The number of esters is 1. The van der Waals surface area contributed by atoms with Gasteiger partial charge in [-0.15, -0.1) is 0 Å². The number of aromatic nitrogens is 1. The fraction of sp³-hybridized carbons (Fsp3) is 0.276. The SMILES string of the molecule is C=CCOc1c(I)cc(/C=c2/sc3n(c2=O)[C@@H](c2ccc(OCC)c(OCC)c2)C(C(=O)OC)=CN=3)cc1OC. The molecule has 40 heavy (non-hydrogen) atoms. The van der Waals surface area contributed by atoms with Gasteiger partial charge in [-0.1, -0.05) is 30.1 Å². The van der Waals surface area contributed by atoms with Crippen LogP contribution in [0.2, 0.25) is 0 Å². The van der Waals surface area contributed by atoms with Gasteiger partial charge in [-0.3, -0.25) is 9.36 Å². The van der Waals surface area contributed by atoms with Gasteiger partial charge in [-0.05, 0) is 77.9 Å². The Kier molecular flexibility index (Phi) is 9.69. The Morgan fingerprint density at radius 1 is 1.10 bits per heavy atom. The molecule has 210 valence electrons. The Labute approximate surface area is 249 Å². The zero-order valence-corrected chi connectivity index (χ0v) is 25.5. The van der Waals surface area contributed by atoms with Gasteiger partial charge in [0.05, 0.1) is 47.2 Å². The number of halogens is 1. The Morgan fingerprint density at radius 2 is 1.85 bits per heavy atom. The Bertz CT molecular complexity index is 1640. The van der Waals surface area contributed by atoms with Gasteiger partial charge in [-0.25, -0.2) is 9.79 Å². The number of ether oxygens (including phenoxy) is 5. The van der Waals surface area contributed by atoms with Crippen LogP contribution in [-0.4, -0.2) is 44.6 Å². The number of rotatable bonds is 11. The van der Waals surface area contributed by atoms with Crippen molar-refractivity contribution in [1.82, 2.24) is 4.57 Å². The first kappa shape index (κ1) is 29.4. The van der Waals surface area contributed by atoms with E-state index in [0.29, 0.717) is 57.7 Å². The second kappa shape index (κ2) is 13.2. The molecular weight excluding hydrogens is 647 g/mol. The minimum Gasteiger partial charge on any atom is -0.493 e. The van der Waals surface area contributed by atoms with Crippen LogP contribution in [-0.2, 0) is 9.53 Å². The van der Waals surface area contributed by atoms with Gasteiger partial charge in [0.1, 0.15) is 6.61 Å². The molecule has 4 rings (SSSR count). The standard InChI is InChI=1S/C29H29IN2O7S/c1-6-11-39-26-20(30)12-17(13-23(26)35-4)14-24-27(33)32-25(19(28(34)36-5)16-31-29(32)40-24)18-9-10-21(37-7-2)22(15-18)38-8-3/h6,9-10,12-16,25H,1,7-8,11H2,2-5H3/b24-14+/t25-/m0/s1. The molecule has 0 amide bonds. The van der Waals surface area contributed by atoms with E-state index < -0.39 is 12.0 Å². The van der Waals surface area contributed by atoms with E-state index in [1.807, 2.05) is 26.0 Å². The molecule has 0 radical (unpaired) electrons. The number of benzene rings is 2. The summed E-state index contributed by atoms with van der Waals surface area (Å²) < 4.78 is 30.6. The predicted molar refractivity (Wildman–Crippen MR) is 161 cm³/mol. The van der Waals surface area contributed by atoms with Gasteiger partial charge in [0.25, 0.3) is 5.56 Å². The maximum Gasteiger partial charge on any atom is 0.337 e. The Hall–Kier alpha value is -3.58. The second-order valence-corrected chi connectivity index (χ2v) is 10.6. The second-order valence-electron chi connectivity index (χ2n) is 8.38. The summed E-state index contributed by atoms with van der Waals surface area (Å²) in [5, 5.41) is 0. The summed E-state index contributed by atoms with van der Waals surface area (Å²) in [6.07, 6.45) is 4.89. The largest absolute Gasteiger partial charge is 0.493 e. The summed E-state index contributed by atoms with van der Waals surface area (Å²) in [6.45, 7) is 8.67. The zero-order chi connectivity index (χ0) is 28.8. The van der Waals surface area contributed by atoms with Crippen LogP contribution in [0.25, 0.3) is 6.08 Å². The molecule has 0 fully saturated rings. The van der Waals surface area contributed by atoms with E-state index in [-0.39, 0.29) is 11.1 Å². The van der Waals surface area contributed by atoms with Crippen molar-refractivity contribution in [3.8, 4) is 23.0 Å². The quantitative estimate of drug-likeness (QED) is 0.172. The number of fused-ring (bicyclic) bond motifs is 1. The first-order chi connectivity index (χ1) is 19.4. The van der Waals surface area contributed by atoms with Crippen molar-refractivity contribution in [2.24, 2.45) is 4.99 Å². The molecule has 0 saturated heterocycles. The summed E-state index contributed by atoms with van der Waals surface area (Å²) >= 11 is 3.39. The van der Waals surface area contributed by atoms with Crippen LogP contribution in [0.15, 0.2) is 64.5 Å². The van der Waals surface area contributed by atoms with E-state index in [1.54, 1.807) is 37.5 Å². The third-order valence-electron chi connectivity index (χ3n) is 5.90. The molecule has 0 N–H and O–H groups in total. The molecule has 11 heteroatoms. The van der Waals surface area contributed by atoms with Gasteiger partial charge < -0.3 is 23.7 Å². The first-order valence-corrected chi connectivity index (χ1v) is 14.4. The van der Waals surface area contributed by atoms with Crippen LogP contribution in [0, 0.1) is 3.57 Å². The molecule has 0 bridgehead atoms. The minimum absolute atomic E-state index is 0.230. The molecule has 1 aliphatic heterocycles. The maximum atomic E-state index is 13.9. The van der Waals surface area contributed by atoms with Crippen molar-refractivity contribution in [1.29, 1.82) is 0 Å². The summed E-state index contributed by atoms with van der Waals surface area (Å²) in [7, 11) is 2.86. The van der Waals surface area contributed by atoms with Crippen molar-refractivity contribution in [2.75, 3.05) is 34.0 Å². The lowest BCUT2D eigenvalue weighted by Gasteiger charge is -2.23. The molecule has 0 aliphatic carbocycles. The topological polar surface area (TPSA) is 97.6 Å². The molecule has 0 spiro atoms. The molecule has 0 saturated carbocycles. The van der Waals surface area contributed by atoms with Crippen molar-refractivity contribution in [3.05, 3.63) is 89.1 Å². The van der Waals surface area contributed by atoms with Crippen LogP contribution in [0.3, 0.4) is 0 Å². The van der Waals surface area contributed by atoms with E-state index in [9.17, 15) is 9.59 Å². The molecule has 1 aromatic heterocycles. The highest BCUT2D eigenvalue weighted by Gasteiger charge is 2.31. The fourth-order valence-corrected chi connectivity index (χ4v) is 5.99. The van der Waals surface area contributed by atoms with Gasteiger partial charge in [0.15, 0.2) is 27.8 Å². The number of hydrogen-bond donors (Lipinski definition) is 0. The maximum absolute atomic E-state index is 13.9. The summed E-state index contributed by atoms with van der Waals surface area (Å²) in [6, 6.07) is 8.30. The van der Waals surface area contributed by atoms with Crippen LogP contribution in [0.5, 0.6) is 23.0 Å². The summed E-state index contributed by atoms with van der Waals surface area (Å²) in [5.74, 6) is 1.66. The third kappa shape index (κ3) is 5.94. The minimum atomic E-state index is -0.773. The number of carbonyl (C=O) groups is 1. The van der Waals surface area contributed by atoms with E-state index in [1.165, 1.54) is 29.2 Å². The van der Waals surface area contributed by atoms with Crippen LogP contribution < -0.4 is 33.8 Å². The van der Waals surface area contributed by atoms with Crippen molar-refractivity contribution >= 4 is 46.0 Å². The van der Waals surface area contributed by atoms with Gasteiger partial charge >= 0.3 is 5.97 Å². The van der Waals surface area contributed by atoms with E-state index in [4.69, 9.17) is 23.7 Å². The number of nitrogens with zero attached hydrogens (tertiary/aromatic N) is 2. The van der Waals surface area contributed by atoms with Crippen LogP contribution >= 0.6 is 33.9 Å². The predicted octanol–water partition coefficient (Wildman–Crippen LogP) is 3.99. The van der Waals surface area contributed by atoms with Gasteiger partial charge in [-0.2, -0.15) is 0 Å². The van der Waals surface area contributed by atoms with Crippen molar-refractivity contribution in [2.45, 2.75) is 19.9 Å². The summed E-state index contributed by atoms with van der Waals surface area (Å²) in [4.78, 5) is 31.6. The highest BCUT2D eigenvalue weighted by Crippen LogP contribution is 2.36. The summed E-state index contributed by atoms with van der Waals surface area (Å²) in [5.41, 5.74) is 1.34. The molecule has 1 atom stereocenters. The van der Waals surface area contributed by atoms with Gasteiger partial charge in [0.2, 0.25) is 0 Å². The highest BCUT2D eigenvalue weighted by molar-refractivity contribution is 14.1. The molecule has 3 aromatic rings. The molecule has 1 aliphatic rings. The number of thiazole rings is 1. The number of carbonyl (C=O) groups excluding carboxylic acids is 1. The van der Waals surface area contributed by atoms with Crippen LogP contribution in [0.4, 0.5) is 0 Å². The molecule has 2 heterocycles. The monoisotopic (exact) mass is 676 g/mol. The highest BCUT2D eigenvalue weighted by atomic mass is 127. The lowest BCUT2D eigenvalue weighted by Crippen LogP contribution is -2.39. The van der Waals surface area contributed by atoms with Crippen molar-refractivity contribution < 1.29 is 28.5 Å². The average molecular weight is 677 g/mol. The van der Waals surface area contributed by atoms with Crippen LogP contribution in [0.1, 0.15) is 31.0 Å². The molecular formula is C29H29IN2O7S. The van der Waals surface area contributed by atoms with E-state index >= 15 is 0 Å². The Morgan fingerprint density at radius 3 is 2.52 bits per heavy atom. The molecule has 9 nitrogen and oxygen atoms in total. The average Bonchev–Trinajstić information content (AvgIpc) is 3.27. The lowest BCUT2D eigenvalue weighted by molar-refractivity contribution is -0.136. The van der Waals surface area contributed by atoms with Gasteiger partial charge in [0, 0.05) is 6.20 Å². The molecule has 2 aromatic carbocycles. The third-order valence-corrected chi connectivity index (χ3v) is 7.70. The fourth-order valence-electron chi connectivity index (χ4n) is 4.24. The zero-order valence-electron chi connectivity index (χ0n) is 22.6. The number of methoxy groups -OCH3 is 2. The number of hydrogen-bond acceptors (Lipinski definition) is 9. The normalized spacial score (nSPS) is 14.5.